The minimum absolute atomic E-state index is 0.260. The van der Waals surface area contributed by atoms with Crippen LogP contribution in [0.1, 0.15) is 57.2 Å². The maximum absolute atomic E-state index is 13.4. The van der Waals surface area contributed by atoms with E-state index in [-0.39, 0.29) is 6.54 Å². The zero-order chi connectivity index (χ0) is 38.8. The third-order valence-corrected chi connectivity index (χ3v) is 10.6. The fraction of sp³-hybridized carbons (Fsp3) is 0.217. The van der Waals surface area contributed by atoms with E-state index >= 15 is 0 Å². The first-order valence-corrected chi connectivity index (χ1v) is 18.6. The van der Waals surface area contributed by atoms with Gasteiger partial charge in [-0.2, -0.15) is 0 Å². The van der Waals surface area contributed by atoms with Crippen LogP contribution >= 0.6 is 0 Å². The number of rotatable bonds is 13. The Morgan fingerprint density at radius 2 is 1.29 bits per heavy atom. The van der Waals surface area contributed by atoms with Gasteiger partial charge in [-0.25, -0.2) is 9.48 Å². The normalized spacial score (nSPS) is 16.1. The molecule has 9 heteroatoms. The van der Waals surface area contributed by atoms with E-state index < -0.39 is 22.8 Å². The molecule has 1 unspecified atom stereocenters. The van der Waals surface area contributed by atoms with E-state index in [2.05, 4.69) is 54.3 Å². The highest BCUT2D eigenvalue weighted by atomic mass is 16.4. The lowest BCUT2D eigenvalue weighted by molar-refractivity contribution is -0.150. The number of benzene rings is 5. The van der Waals surface area contributed by atoms with Crippen LogP contribution in [0.2, 0.25) is 0 Å². The molecule has 0 bridgehead atoms. The molecule has 278 valence electrons. The highest BCUT2D eigenvalue weighted by molar-refractivity contribution is 5.88. The molecule has 1 aliphatic rings. The lowest BCUT2D eigenvalue weighted by Gasteiger charge is -2.44. The van der Waals surface area contributed by atoms with E-state index in [4.69, 9.17) is 10.3 Å². The van der Waals surface area contributed by atoms with Gasteiger partial charge in [0.05, 0.1) is 5.70 Å². The fourth-order valence-electron chi connectivity index (χ4n) is 8.56. The molecule has 55 heavy (non-hydrogen) atoms. The molecule has 9 nitrogen and oxygen atoms in total. The maximum Gasteiger partial charge on any atom is 0.351 e. The average molecular weight is 731 g/mol. The molecule has 7 rings (SSSR count). The summed E-state index contributed by atoms with van der Waals surface area (Å²) in [5.41, 5.74) is 3.90. The first-order valence-electron chi connectivity index (χ1n) is 18.6. The van der Waals surface area contributed by atoms with Gasteiger partial charge in [0, 0.05) is 29.9 Å². The Hall–Kier alpha value is -6.32. The summed E-state index contributed by atoms with van der Waals surface area (Å²) in [4.78, 5) is 17.1. The zero-order valence-corrected chi connectivity index (χ0v) is 31.7. The topological polar surface area (TPSA) is 108 Å². The van der Waals surface area contributed by atoms with Crippen molar-refractivity contribution in [2.45, 2.75) is 57.3 Å². The van der Waals surface area contributed by atoms with Crippen LogP contribution < -0.4 is 4.90 Å². The van der Waals surface area contributed by atoms with Gasteiger partial charge in [-0.15, -0.1) is 11.7 Å². The van der Waals surface area contributed by atoms with E-state index in [1.54, 1.807) is 24.8 Å². The molecular formula is C46H46N6O3. The molecule has 0 spiro atoms. The summed E-state index contributed by atoms with van der Waals surface area (Å²) >= 11 is 0. The number of hydrogen-bond donors (Lipinski definition) is 2. The van der Waals surface area contributed by atoms with Crippen molar-refractivity contribution in [3.05, 3.63) is 180 Å². The largest absolute Gasteiger partial charge is 0.478 e. The van der Waals surface area contributed by atoms with Gasteiger partial charge >= 0.3 is 5.97 Å². The summed E-state index contributed by atoms with van der Waals surface area (Å²) in [6.07, 6.45) is 2.62. The molecule has 2 N–H and O–H groups in total. The molecule has 1 aliphatic heterocycles. The number of aliphatic carboxylic acids is 1. The fourth-order valence-corrected chi connectivity index (χ4v) is 8.56. The van der Waals surface area contributed by atoms with Crippen LogP contribution in [-0.2, 0) is 10.3 Å². The van der Waals surface area contributed by atoms with Gasteiger partial charge in [0.25, 0.3) is 0 Å². The number of carboxylic acids is 1. The van der Waals surface area contributed by atoms with Crippen molar-refractivity contribution in [1.82, 2.24) is 25.1 Å². The highest BCUT2D eigenvalue weighted by Crippen LogP contribution is 2.48. The minimum Gasteiger partial charge on any atom is -0.478 e. The third kappa shape index (κ3) is 6.10. The van der Waals surface area contributed by atoms with Gasteiger partial charge in [0.1, 0.15) is 11.1 Å². The monoisotopic (exact) mass is 730 g/mol. The number of nitrogens with zero attached hydrogens (tertiary/aromatic N) is 6. The van der Waals surface area contributed by atoms with Crippen molar-refractivity contribution in [2.24, 2.45) is 0 Å². The van der Waals surface area contributed by atoms with Gasteiger partial charge in [0.15, 0.2) is 5.82 Å². The lowest BCUT2D eigenvalue weighted by Crippen LogP contribution is -2.61. The van der Waals surface area contributed by atoms with Crippen LogP contribution in [0, 0.1) is 0 Å². The Kier molecular flexibility index (Phi) is 9.99. The molecule has 1 aromatic heterocycles. The Balaban J connectivity index is 1.40. The van der Waals surface area contributed by atoms with Crippen LogP contribution in [-0.4, -0.2) is 59.1 Å². The van der Waals surface area contributed by atoms with Crippen LogP contribution in [0.3, 0.4) is 0 Å². The second kappa shape index (κ2) is 14.8. The van der Waals surface area contributed by atoms with E-state index in [9.17, 15) is 15.0 Å². The summed E-state index contributed by atoms with van der Waals surface area (Å²) in [6.45, 7) is 11.4. The Labute approximate surface area is 322 Å². The van der Waals surface area contributed by atoms with Crippen LogP contribution in [0.15, 0.2) is 164 Å². The molecule has 0 fully saturated rings. The quantitative estimate of drug-likeness (QED) is 0.0898. The van der Waals surface area contributed by atoms with Crippen LogP contribution in [0.4, 0.5) is 5.69 Å². The molecule has 0 saturated heterocycles. The molecular weight excluding hydrogens is 685 g/mol. The number of carboxylic acid groups (broad SMARTS) is 1. The Bertz CT molecular complexity index is 2220. The SMILES string of the molecule is C=CCN1C(C(C)(C)O)=C(C)N(c2ccc(-c3ccccc3-c3nnnn3C(c3ccccc3)(c3ccccc3)c3ccccc3)cc2)C1(CCC)C(=O)O. The molecule has 0 radical (unpaired) electrons. The lowest BCUT2D eigenvalue weighted by atomic mass is 9.77. The number of anilines is 1. The van der Waals surface area contributed by atoms with Gasteiger partial charge in [-0.3, -0.25) is 0 Å². The molecule has 2 heterocycles. The van der Waals surface area contributed by atoms with Gasteiger partial charge in [-0.05, 0) is 71.1 Å². The van der Waals surface area contributed by atoms with Gasteiger partial charge in [0.2, 0.25) is 5.66 Å². The number of allylic oxidation sites excluding steroid dienone is 1. The smallest absolute Gasteiger partial charge is 0.351 e. The molecule has 0 saturated carbocycles. The first kappa shape index (κ1) is 37.0. The second-order valence-corrected chi connectivity index (χ2v) is 14.4. The van der Waals surface area contributed by atoms with Crippen molar-refractivity contribution in [2.75, 3.05) is 11.4 Å². The van der Waals surface area contributed by atoms with Crippen LogP contribution in [0.5, 0.6) is 0 Å². The van der Waals surface area contributed by atoms with Crippen molar-refractivity contribution < 1.29 is 15.0 Å². The molecule has 0 amide bonds. The molecule has 5 aromatic carbocycles. The predicted octanol–water partition coefficient (Wildman–Crippen LogP) is 8.74. The number of tetrazole rings is 1. The summed E-state index contributed by atoms with van der Waals surface area (Å²) in [7, 11) is 0. The Morgan fingerprint density at radius 3 is 1.76 bits per heavy atom. The van der Waals surface area contributed by atoms with Gasteiger partial charge in [-0.1, -0.05) is 147 Å². The predicted molar refractivity (Wildman–Crippen MR) is 217 cm³/mol. The second-order valence-electron chi connectivity index (χ2n) is 14.4. The van der Waals surface area contributed by atoms with E-state index in [0.29, 0.717) is 35.7 Å². The number of aromatic nitrogens is 4. The van der Waals surface area contributed by atoms with Gasteiger partial charge < -0.3 is 20.0 Å². The highest BCUT2D eigenvalue weighted by Gasteiger charge is 2.57. The molecule has 6 aromatic rings. The van der Waals surface area contributed by atoms with Crippen molar-refractivity contribution in [1.29, 1.82) is 0 Å². The summed E-state index contributed by atoms with van der Waals surface area (Å²) in [5, 5.41) is 36.1. The molecule has 0 aliphatic carbocycles. The maximum atomic E-state index is 13.4. The van der Waals surface area contributed by atoms with Crippen LogP contribution in [0.25, 0.3) is 22.5 Å². The van der Waals surface area contributed by atoms with Crippen molar-refractivity contribution >= 4 is 11.7 Å². The zero-order valence-electron chi connectivity index (χ0n) is 31.7. The average Bonchev–Trinajstić information content (AvgIpc) is 3.78. The van der Waals surface area contributed by atoms with Crippen molar-refractivity contribution in [3.8, 4) is 22.5 Å². The minimum atomic E-state index is -1.46. The summed E-state index contributed by atoms with van der Waals surface area (Å²) in [6, 6.07) is 46.9. The summed E-state index contributed by atoms with van der Waals surface area (Å²) in [5.74, 6) is -0.410. The summed E-state index contributed by atoms with van der Waals surface area (Å²) < 4.78 is 1.93. The first-order chi connectivity index (χ1) is 26.6. The third-order valence-electron chi connectivity index (χ3n) is 10.6. The van der Waals surface area contributed by atoms with E-state index in [1.165, 1.54) is 0 Å². The standard InChI is InChI=1S/C46H46N6O3/c1-6-31-45(43(53)54)50(32-7-2)41(44(4,5)55)33(3)51(45)38-29-27-34(28-30-38)39-25-17-18-26-40(39)42-47-48-49-52(42)46(35-19-11-8-12-20-35,36-21-13-9-14-22-36)37-23-15-10-16-24-37/h7-30,55H,2,6,31-32H2,1,3-5H3,(H,53,54). The molecule has 1 atom stereocenters. The van der Waals surface area contributed by atoms with E-state index in [0.717, 1.165) is 33.4 Å². The van der Waals surface area contributed by atoms with Crippen molar-refractivity contribution in [3.63, 3.8) is 0 Å². The number of hydrogen-bond acceptors (Lipinski definition) is 7. The number of carbonyl (C=O) groups is 1. The Morgan fingerprint density at radius 1 is 0.782 bits per heavy atom. The van der Waals surface area contributed by atoms with E-state index in [1.807, 2.05) is 120 Å². The number of aliphatic hydroxyl groups is 1.